The molecule has 9 heteroatoms. The number of nitrogens with one attached hydrogen (secondary N) is 1. The molecule has 0 atom stereocenters. The van der Waals surface area contributed by atoms with Crippen molar-refractivity contribution in [2.24, 2.45) is 0 Å². The lowest BCUT2D eigenvalue weighted by molar-refractivity contribution is 0.0469. The van der Waals surface area contributed by atoms with E-state index in [-0.39, 0.29) is 23.6 Å². The number of anilines is 1. The minimum absolute atomic E-state index is 0.179. The van der Waals surface area contributed by atoms with E-state index in [1.54, 1.807) is 43.3 Å². The molecule has 0 aliphatic heterocycles. The van der Waals surface area contributed by atoms with Crippen LogP contribution in [0.25, 0.3) is 4.96 Å². The van der Waals surface area contributed by atoms with Crippen LogP contribution < -0.4 is 10.9 Å². The molecule has 2 aromatic carbocycles. The highest BCUT2D eigenvalue weighted by Gasteiger charge is 2.16. The molecule has 0 bridgehead atoms. The van der Waals surface area contributed by atoms with Crippen LogP contribution in [-0.2, 0) is 11.3 Å². The molecule has 4 aromatic rings. The van der Waals surface area contributed by atoms with E-state index in [0.717, 1.165) is 5.56 Å². The summed E-state index contributed by atoms with van der Waals surface area (Å²) in [7, 11) is 0. The molecule has 0 aliphatic carbocycles. The number of carbonyl (C=O) groups excluding carboxylic acids is 2. The topological polar surface area (TPSA) is 103 Å². The fourth-order valence-electron chi connectivity index (χ4n) is 2.91. The van der Waals surface area contributed by atoms with Crippen LogP contribution in [0.1, 0.15) is 37.0 Å². The number of carbonyl (C=O) groups is 2. The number of hydrogen-bond acceptors (Lipinski definition) is 7. The molecule has 2 aromatic heterocycles. The van der Waals surface area contributed by atoms with E-state index in [1.165, 1.54) is 21.9 Å². The molecule has 4 rings (SSSR count). The zero-order valence-corrected chi connectivity index (χ0v) is 17.6. The van der Waals surface area contributed by atoms with E-state index in [2.05, 4.69) is 15.4 Å². The molecule has 1 N–H and O–H groups in total. The van der Waals surface area contributed by atoms with E-state index in [0.29, 0.717) is 26.9 Å². The number of benzene rings is 2. The minimum Gasteiger partial charge on any atom is -0.456 e. The largest absolute Gasteiger partial charge is 0.456 e. The van der Waals surface area contributed by atoms with Gasteiger partial charge in [0.05, 0.1) is 16.9 Å². The Labute approximate surface area is 181 Å². The summed E-state index contributed by atoms with van der Waals surface area (Å²) in [5, 5.41) is 7.53. The number of aromatic nitrogens is 3. The smallest absolute Gasteiger partial charge is 0.340 e. The number of esters is 1. The van der Waals surface area contributed by atoms with Crippen LogP contribution in [0.3, 0.4) is 0 Å². The molecule has 1 amide bonds. The van der Waals surface area contributed by atoms with Crippen LogP contribution in [0, 0.1) is 13.8 Å². The summed E-state index contributed by atoms with van der Waals surface area (Å²) < 4.78 is 6.56. The van der Waals surface area contributed by atoms with Gasteiger partial charge in [-0.05, 0) is 38.1 Å². The standard InChI is InChI=1S/C22H18N4O4S/c1-13-7-9-15(10-8-13)20(28)24-18-6-4-3-5-17(18)21(29)30-12-16-11-19(27)26-22(23-16)31-14(2)25-26/h3-11H,12H2,1-2H3,(H,24,28). The third-order valence-electron chi connectivity index (χ3n) is 4.46. The fourth-order valence-corrected chi connectivity index (χ4v) is 3.68. The molecule has 0 spiro atoms. The predicted octanol–water partition coefficient (Wildman–Crippen LogP) is 3.38. The molecule has 0 aliphatic rings. The lowest BCUT2D eigenvalue weighted by Gasteiger charge is -2.11. The van der Waals surface area contributed by atoms with Crippen molar-refractivity contribution in [2.45, 2.75) is 20.5 Å². The number of hydrogen-bond donors (Lipinski definition) is 1. The van der Waals surface area contributed by atoms with Crippen LogP contribution in [0.2, 0.25) is 0 Å². The number of rotatable bonds is 5. The Hall–Kier alpha value is -3.85. The molecule has 0 fully saturated rings. The summed E-state index contributed by atoms with van der Waals surface area (Å²) in [4.78, 5) is 42.1. The number of para-hydroxylation sites is 1. The van der Waals surface area contributed by atoms with Gasteiger partial charge in [-0.3, -0.25) is 9.59 Å². The first kappa shape index (κ1) is 20.4. The first-order valence-electron chi connectivity index (χ1n) is 9.41. The Kier molecular flexibility index (Phi) is 5.59. The summed E-state index contributed by atoms with van der Waals surface area (Å²) in [6.45, 7) is 3.53. The summed E-state index contributed by atoms with van der Waals surface area (Å²) in [6.07, 6.45) is 0. The molecular weight excluding hydrogens is 416 g/mol. The Bertz CT molecular complexity index is 1340. The number of nitrogens with zero attached hydrogens (tertiary/aromatic N) is 3. The summed E-state index contributed by atoms with van der Waals surface area (Å²) in [5.74, 6) is -0.969. The Morgan fingerprint density at radius 2 is 1.84 bits per heavy atom. The molecule has 31 heavy (non-hydrogen) atoms. The first-order valence-corrected chi connectivity index (χ1v) is 10.2. The summed E-state index contributed by atoms with van der Waals surface area (Å²) in [5.41, 5.74) is 2.04. The Morgan fingerprint density at radius 1 is 1.10 bits per heavy atom. The monoisotopic (exact) mass is 434 g/mol. The second kappa shape index (κ2) is 8.49. The van der Waals surface area contributed by atoms with E-state index < -0.39 is 5.97 Å². The van der Waals surface area contributed by atoms with Gasteiger partial charge < -0.3 is 10.1 Å². The van der Waals surface area contributed by atoms with Crippen LogP contribution in [0.15, 0.2) is 59.4 Å². The normalized spacial score (nSPS) is 10.8. The zero-order chi connectivity index (χ0) is 22.0. The van der Waals surface area contributed by atoms with Gasteiger partial charge in [-0.1, -0.05) is 41.2 Å². The number of aryl methyl sites for hydroxylation is 2. The van der Waals surface area contributed by atoms with E-state index in [4.69, 9.17) is 4.74 Å². The number of amides is 1. The predicted molar refractivity (Wildman–Crippen MR) is 117 cm³/mol. The van der Waals surface area contributed by atoms with Crippen molar-refractivity contribution in [1.82, 2.24) is 14.6 Å². The van der Waals surface area contributed by atoms with Gasteiger partial charge in [0.25, 0.3) is 11.5 Å². The maximum absolute atomic E-state index is 12.7. The second-order valence-electron chi connectivity index (χ2n) is 6.84. The summed E-state index contributed by atoms with van der Waals surface area (Å²) in [6, 6.07) is 15.0. The first-order chi connectivity index (χ1) is 14.9. The van der Waals surface area contributed by atoms with Crippen molar-refractivity contribution in [2.75, 3.05) is 5.32 Å². The van der Waals surface area contributed by atoms with Gasteiger partial charge in [-0.25, -0.2) is 9.78 Å². The van der Waals surface area contributed by atoms with Gasteiger partial charge in [0, 0.05) is 11.6 Å². The average Bonchev–Trinajstić information content (AvgIpc) is 3.13. The van der Waals surface area contributed by atoms with Crippen molar-refractivity contribution in [1.29, 1.82) is 0 Å². The fraction of sp³-hybridized carbons (Fsp3) is 0.136. The minimum atomic E-state index is -0.637. The average molecular weight is 434 g/mol. The van der Waals surface area contributed by atoms with E-state index in [1.807, 2.05) is 19.1 Å². The van der Waals surface area contributed by atoms with Crippen molar-refractivity contribution >= 4 is 33.9 Å². The van der Waals surface area contributed by atoms with Gasteiger partial charge in [0.15, 0.2) is 0 Å². The lowest BCUT2D eigenvalue weighted by Crippen LogP contribution is -2.18. The van der Waals surface area contributed by atoms with E-state index >= 15 is 0 Å². The van der Waals surface area contributed by atoms with Crippen molar-refractivity contribution in [3.05, 3.63) is 92.3 Å². The van der Waals surface area contributed by atoms with Crippen LogP contribution in [0.4, 0.5) is 5.69 Å². The SMILES string of the molecule is Cc1ccc(C(=O)Nc2ccccc2C(=O)OCc2cc(=O)n3nc(C)sc3n2)cc1. The van der Waals surface area contributed by atoms with Gasteiger partial charge in [-0.2, -0.15) is 9.61 Å². The Balaban J connectivity index is 1.50. The third kappa shape index (κ3) is 4.51. The third-order valence-corrected chi connectivity index (χ3v) is 5.28. The maximum atomic E-state index is 12.7. The molecule has 0 unspecified atom stereocenters. The molecular formula is C22H18N4O4S. The van der Waals surface area contributed by atoms with Gasteiger partial charge in [0.1, 0.15) is 11.6 Å². The molecule has 0 radical (unpaired) electrons. The zero-order valence-electron chi connectivity index (χ0n) is 16.8. The molecule has 2 heterocycles. The van der Waals surface area contributed by atoms with Crippen molar-refractivity contribution < 1.29 is 14.3 Å². The second-order valence-corrected chi connectivity index (χ2v) is 8.00. The van der Waals surface area contributed by atoms with Crippen LogP contribution >= 0.6 is 11.3 Å². The molecule has 156 valence electrons. The summed E-state index contributed by atoms with van der Waals surface area (Å²) >= 11 is 1.27. The van der Waals surface area contributed by atoms with E-state index in [9.17, 15) is 14.4 Å². The Morgan fingerprint density at radius 3 is 2.61 bits per heavy atom. The highest BCUT2D eigenvalue weighted by atomic mass is 32.1. The highest BCUT2D eigenvalue weighted by Crippen LogP contribution is 2.18. The van der Waals surface area contributed by atoms with Crippen LogP contribution in [0.5, 0.6) is 0 Å². The molecule has 0 saturated heterocycles. The van der Waals surface area contributed by atoms with Gasteiger partial charge in [-0.15, -0.1) is 0 Å². The number of ether oxygens (including phenoxy) is 1. The van der Waals surface area contributed by atoms with Gasteiger partial charge >= 0.3 is 5.97 Å². The maximum Gasteiger partial charge on any atom is 0.340 e. The number of fused-ring (bicyclic) bond motifs is 1. The van der Waals surface area contributed by atoms with Crippen molar-refractivity contribution in [3.63, 3.8) is 0 Å². The lowest BCUT2D eigenvalue weighted by atomic mass is 10.1. The van der Waals surface area contributed by atoms with Crippen molar-refractivity contribution in [3.8, 4) is 0 Å². The van der Waals surface area contributed by atoms with Crippen LogP contribution in [-0.4, -0.2) is 26.5 Å². The quantitative estimate of drug-likeness (QED) is 0.483. The highest BCUT2D eigenvalue weighted by molar-refractivity contribution is 7.16. The van der Waals surface area contributed by atoms with Gasteiger partial charge in [0.2, 0.25) is 4.96 Å². The molecule has 0 saturated carbocycles. The molecule has 8 nitrogen and oxygen atoms in total.